The predicted octanol–water partition coefficient (Wildman–Crippen LogP) is 2.01. The average Bonchev–Trinajstić information content (AvgIpc) is 3.21. The molecule has 1 amide bonds. The molecule has 1 aromatic heterocycles. The maximum Gasteiger partial charge on any atom is 0.226 e. The van der Waals surface area contributed by atoms with Crippen LogP contribution in [0.3, 0.4) is 0 Å². The first-order valence-electron chi connectivity index (χ1n) is 10.0. The Bertz CT molecular complexity index is 844. The monoisotopic (exact) mass is 379 g/mol. The van der Waals surface area contributed by atoms with Crippen molar-refractivity contribution in [3.63, 3.8) is 0 Å². The number of carbonyl (C=O) groups excluding carboxylic acids is 1. The lowest BCUT2D eigenvalue weighted by molar-refractivity contribution is -0.180. The van der Waals surface area contributed by atoms with Crippen LogP contribution in [0.1, 0.15) is 30.4 Å². The zero-order valence-electron chi connectivity index (χ0n) is 15.9. The lowest BCUT2D eigenvalue weighted by Gasteiger charge is -2.42. The first kappa shape index (κ1) is 17.6. The summed E-state index contributed by atoms with van der Waals surface area (Å²) in [7, 11) is 0. The third kappa shape index (κ3) is 3.04. The Morgan fingerprint density at radius 2 is 1.96 bits per heavy atom. The topological polar surface area (TPSA) is 70.6 Å². The minimum absolute atomic E-state index is 0.135. The number of hydrogen-bond acceptors (Lipinski definition) is 6. The Hall–Kier alpha value is -2.51. The summed E-state index contributed by atoms with van der Waals surface area (Å²) < 4.78 is 6.17. The number of nitrogens with zero attached hydrogens (tertiary/aromatic N) is 4. The second kappa shape index (κ2) is 7.14. The van der Waals surface area contributed by atoms with Crippen molar-refractivity contribution in [2.75, 3.05) is 25.0 Å². The van der Waals surface area contributed by atoms with E-state index in [0.717, 1.165) is 44.6 Å². The van der Waals surface area contributed by atoms with Crippen LogP contribution in [0.2, 0.25) is 0 Å². The van der Waals surface area contributed by atoms with E-state index in [-0.39, 0.29) is 11.9 Å². The van der Waals surface area contributed by atoms with Crippen LogP contribution in [0.25, 0.3) is 0 Å². The highest BCUT2D eigenvalue weighted by Gasteiger charge is 2.60. The van der Waals surface area contributed by atoms with Gasteiger partial charge >= 0.3 is 0 Å². The van der Waals surface area contributed by atoms with E-state index in [1.807, 2.05) is 35.5 Å². The van der Waals surface area contributed by atoms with Crippen molar-refractivity contribution < 1.29 is 9.53 Å². The van der Waals surface area contributed by atoms with Crippen LogP contribution < -0.4 is 5.32 Å². The van der Waals surface area contributed by atoms with Gasteiger partial charge in [0.1, 0.15) is 0 Å². The number of anilines is 1. The zero-order valence-corrected chi connectivity index (χ0v) is 15.9. The zero-order chi connectivity index (χ0) is 19.0. The van der Waals surface area contributed by atoms with Crippen LogP contribution in [-0.2, 0) is 22.6 Å². The summed E-state index contributed by atoms with van der Waals surface area (Å²) in [6.07, 6.45) is 6.13. The van der Waals surface area contributed by atoms with Crippen LogP contribution in [0.15, 0.2) is 42.7 Å². The van der Waals surface area contributed by atoms with Crippen molar-refractivity contribution in [1.29, 1.82) is 0 Å². The number of hydrogen-bond donors (Lipinski definition) is 1. The number of ether oxygens (including phenoxy) is 1. The molecule has 28 heavy (non-hydrogen) atoms. The van der Waals surface area contributed by atoms with Crippen LogP contribution in [0.4, 0.5) is 5.95 Å². The van der Waals surface area contributed by atoms with Crippen molar-refractivity contribution in [3.05, 3.63) is 53.9 Å². The molecule has 2 aromatic rings. The number of nitrogens with one attached hydrogen (secondary N) is 1. The van der Waals surface area contributed by atoms with Crippen molar-refractivity contribution in [1.82, 2.24) is 19.8 Å². The highest BCUT2D eigenvalue weighted by molar-refractivity contribution is 5.81. The number of aromatic nitrogens is 2. The molecule has 146 valence electrons. The highest BCUT2D eigenvalue weighted by Crippen LogP contribution is 2.45. The second-order valence-corrected chi connectivity index (χ2v) is 7.79. The van der Waals surface area contributed by atoms with Gasteiger partial charge in [0.25, 0.3) is 0 Å². The van der Waals surface area contributed by atoms with Gasteiger partial charge < -0.3 is 15.0 Å². The largest absolute Gasteiger partial charge is 0.354 e. The van der Waals surface area contributed by atoms with Gasteiger partial charge in [-0.3, -0.25) is 9.69 Å². The van der Waals surface area contributed by atoms with E-state index in [9.17, 15) is 4.79 Å². The Morgan fingerprint density at radius 3 is 2.79 bits per heavy atom. The maximum atomic E-state index is 12.4. The summed E-state index contributed by atoms with van der Waals surface area (Å²) in [6.45, 7) is 3.96. The van der Waals surface area contributed by atoms with E-state index >= 15 is 0 Å². The quantitative estimate of drug-likeness (QED) is 0.857. The summed E-state index contributed by atoms with van der Waals surface area (Å²) >= 11 is 0. The number of likely N-dealkylation sites (tertiary alicyclic amines) is 1. The van der Waals surface area contributed by atoms with E-state index in [0.29, 0.717) is 18.9 Å². The lowest BCUT2D eigenvalue weighted by Crippen LogP contribution is -2.56. The molecule has 1 spiro atoms. The molecule has 0 bridgehead atoms. The first-order chi connectivity index (χ1) is 13.7. The fourth-order valence-corrected chi connectivity index (χ4v) is 4.76. The molecule has 2 atom stereocenters. The predicted molar refractivity (Wildman–Crippen MR) is 104 cm³/mol. The molecule has 3 aliphatic heterocycles. The standard InChI is InChI=1S/C21H25N5O2/c27-19-11-18-21(26(19)8-4-10-28-21)7-9-25(18)15-17-13-23-20(24-14-17)22-12-16-5-2-1-3-6-16/h1-3,5-6,13-14,18H,4,7-12,15H2,(H,22,23,24)/t18-,21+/m1/s1. The Balaban J connectivity index is 1.23. The van der Waals surface area contributed by atoms with Gasteiger partial charge in [0.15, 0.2) is 5.72 Å². The van der Waals surface area contributed by atoms with Crippen LogP contribution in [0, 0.1) is 0 Å². The van der Waals surface area contributed by atoms with Gasteiger partial charge in [-0.2, -0.15) is 0 Å². The third-order valence-electron chi connectivity index (χ3n) is 6.11. The van der Waals surface area contributed by atoms with Crippen molar-refractivity contribution in [2.24, 2.45) is 0 Å². The minimum atomic E-state index is -0.395. The normalized spacial score (nSPS) is 26.9. The molecule has 1 aromatic carbocycles. The van der Waals surface area contributed by atoms with E-state index in [2.05, 4.69) is 32.3 Å². The summed E-state index contributed by atoms with van der Waals surface area (Å²) in [5, 5.41) is 3.25. The summed E-state index contributed by atoms with van der Waals surface area (Å²) in [4.78, 5) is 25.7. The molecule has 0 unspecified atom stereocenters. The second-order valence-electron chi connectivity index (χ2n) is 7.79. The fourth-order valence-electron chi connectivity index (χ4n) is 4.76. The van der Waals surface area contributed by atoms with Crippen molar-refractivity contribution >= 4 is 11.9 Å². The summed E-state index contributed by atoms with van der Waals surface area (Å²) in [6, 6.07) is 10.3. The van der Waals surface area contributed by atoms with Crippen LogP contribution >= 0.6 is 0 Å². The van der Waals surface area contributed by atoms with Crippen molar-refractivity contribution in [2.45, 2.75) is 44.1 Å². The summed E-state index contributed by atoms with van der Waals surface area (Å²) in [5.41, 5.74) is 1.86. The highest BCUT2D eigenvalue weighted by atomic mass is 16.5. The Kier molecular flexibility index (Phi) is 4.49. The molecule has 4 heterocycles. The average molecular weight is 379 g/mol. The molecule has 7 nitrogen and oxygen atoms in total. The van der Waals surface area contributed by atoms with Gasteiger partial charge in [0.05, 0.1) is 12.6 Å². The molecule has 0 aliphatic carbocycles. The van der Waals surface area contributed by atoms with Gasteiger partial charge in [-0.25, -0.2) is 9.97 Å². The number of amides is 1. The Labute approximate surface area is 164 Å². The molecule has 3 saturated heterocycles. The molecule has 0 radical (unpaired) electrons. The molecule has 7 heteroatoms. The number of benzene rings is 1. The van der Waals surface area contributed by atoms with Gasteiger partial charge in [-0.1, -0.05) is 30.3 Å². The van der Waals surface area contributed by atoms with E-state index in [4.69, 9.17) is 4.74 Å². The SMILES string of the molecule is O=C1C[C@H]2N(Cc3cnc(NCc4ccccc4)nc3)CC[C@]23OCCCN13. The van der Waals surface area contributed by atoms with Crippen LogP contribution in [0.5, 0.6) is 0 Å². The van der Waals surface area contributed by atoms with Gasteiger partial charge in [-0.15, -0.1) is 0 Å². The first-order valence-corrected chi connectivity index (χ1v) is 10.0. The van der Waals surface area contributed by atoms with E-state index in [1.54, 1.807) is 0 Å². The van der Waals surface area contributed by atoms with E-state index in [1.165, 1.54) is 5.56 Å². The Morgan fingerprint density at radius 1 is 1.14 bits per heavy atom. The molecular formula is C21H25N5O2. The smallest absolute Gasteiger partial charge is 0.226 e. The van der Waals surface area contributed by atoms with Gasteiger partial charge in [0, 0.05) is 57.0 Å². The van der Waals surface area contributed by atoms with E-state index < -0.39 is 5.72 Å². The maximum absolute atomic E-state index is 12.4. The molecule has 3 aliphatic rings. The fraction of sp³-hybridized carbons (Fsp3) is 0.476. The lowest BCUT2D eigenvalue weighted by atomic mass is 10.0. The van der Waals surface area contributed by atoms with Crippen molar-refractivity contribution in [3.8, 4) is 0 Å². The third-order valence-corrected chi connectivity index (χ3v) is 6.11. The van der Waals surface area contributed by atoms with Gasteiger partial charge in [-0.05, 0) is 12.0 Å². The summed E-state index contributed by atoms with van der Waals surface area (Å²) in [5.74, 6) is 0.856. The minimum Gasteiger partial charge on any atom is -0.354 e. The molecular weight excluding hydrogens is 354 g/mol. The van der Waals surface area contributed by atoms with Gasteiger partial charge in [0.2, 0.25) is 11.9 Å². The number of rotatable bonds is 5. The molecule has 3 fully saturated rings. The number of carbonyl (C=O) groups is 1. The van der Waals surface area contributed by atoms with Crippen LogP contribution in [-0.4, -0.2) is 57.1 Å². The molecule has 5 rings (SSSR count). The molecule has 0 saturated carbocycles. The molecule has 1 N–H and O–H groups in total.